The molecule has 3 nitrogen and oxygen atoms in total. The van der Waals surface area contributed by atoms with Gasteiger partial charge in [0.1, 0.15) is 5.03 Å². The Kier molecular flexibility index (Phi) is 3.62. The third-order valence-corrected chi connectivity index (χ3v) is 4.60. The molecule has 0 atom stereocenters. The smallest absolute Gasteiger partial charge is 0.223 e. The van der Waals surface area contributed by atoms with Crippen LogP contribution in [0, 0.1) is 0 Å². The van der Waals surface area contributed by atoms with Gasteiger partial charge in [-0.1, -0.05) is 29.4 Å². The number of anilines is 1. The van der Waals surface area contributed by atoms with Crippen molar-refractivity contribution in [1.29, 1.82) is 0 Å². The minimum absolute atomic E-state index is 0.587. The zero-order valence-corrected chi connectivity index (χ0v) is 12.2. The summed E-state index contributed by atoms with van der Waals surface area (Å²) in [6, 6.07) is 6.62. The monoisotopic (exact) mass is 291 g/mol. The Morgan fingerprint density at radius 2 is 2.11 bits per heavy atom. The van der Waals surface area contributed by atoms with Crippen LogP contribution < -0.4 is 5.32 Å². The highest BCUT2D eigenvalue weighted by Crippen LogP contribution is 2.34. The van der Waals surface area contributed by atoms with Crippen LogP contribution in [0.5, 0.6) is 0 Å². The fraction of sp³-hybridized carbons (Fsp3) is 0.286. The number of fused-ring (bicyclic) bond motifs is 1. The third-order valence-electron chi connectivity index (χ3n) is 3.22. The summed E-state index contributed by atoms with van der Waals surface area (Å²) in [5.41, 5.74) is 2.94. The number of aryl methyl sites for hydroxylation is 2. The van der Waals surface area contributed by atoms with Crippen LogP contribution in [0.2, 0.25) is 5.02 Å². The highest BCUT2D eigenvalue weighted by molar-refractivity contribution is 7.99. The molecule has 5 heteroatoms. The average Bonchev–Trinajstić information content (AvgIpc) is 2.89. The van der Waals surface area contributed by atoms with Gasteiger partial charge >= 0.3 is 0 Å². The highest BCUT2D eigenvalue weighted by Gasteiger charge is 2.13. The molecule has 0 unspecified atom stereocenters. The van der Waals surface area contributed by atoms with Crippen LogP contribution >= 0.6 is 23.4 Å². The van der Waals surface area contributed by atoms with E-state index < -0.39 is 0 Å². The summed E-state index contributed by atoms with van der Waals surface area (Å²) in [5.74, 6) is 0.591. The van der Waals surface area contributed by atoms with E-state index in [1.54, 1.807) is 25.0 Å². The van der Waals surface area contributed by atoms with E-state index in [1.165, 1.54) is 35.3 Å². The lowest BCUT2D eigenvalue weighted by Crippen LogP contribution is -1.97. The van der Waals surface area contributed by atoms with E-state index in [2.05, 4.69) is 33.5 Å². The lowest BCUT2D eigenvalue weighted by Gasteiger charge is -2.07. The molecule has 0 fully saturated rings. The Morgan fingerprint density at radius 3 is 2.95 bits per heavy atom. The zero-order chi connectivity index (χ0) is 13.2. The molecular weight excluding hydrogens is 278 g/mol. The molecule has 1 heterocycles. The van der Waals surface area contributed by atoms with E-state index in [0.717, 1.165) is 5.03 Å². The van der Waals surface area contributed by atoms with Crippen LogP contribution in [0.1, 0.15) is 17.5 Å². The quantitative estimate of drug-likeness (QED) is 0.873. The Bertz CT molecular complexity index is 616. The Morgan fingerprint density at radius 1 is 1.26 bits per heavy atom. The molecule has 0 saturated heterocycles. The van der Waals surface area contributed by atoms with Crippen molar-refractivity contribution in [3.8, 4) is 0 Å². The summed E-state index contributed by atoms with van der Waals surface area (Å²) in [6.45, 7) is 0. The second-order valence-electron chi connectivity index (χ2n) is 4.48. The molecular formula is C14H14ClN3S. The van der Waals surface area contributed by atoms with E-state index in [4.69, 9.17) is 11.6 Å². The second kappa shape index (κ2) is 5.39. The molecule has 98 valence electrons. The fourth-order valence-electron chi connectivity index (χ4n) is 2.27. The molecule has 1 N–H and O–H groups in total. The van der Waals surface area contributed by atoms with Crippen molar-refractivity contribution in [3.63, 3.8) is 0 Å². The Labute approximate surface area is 121 Å². The molecule has 0 aliphatic heterocycles. The van der Waals surface area contributed by atoms with Crippen LogP contribution in [-0.4, -0.2) is 17.0 Å². The Hall–Kier alpha value is -1.26. The van der Waals surface area contributed by atoms with E-state index in [0.29, 0.717) is 11.0 Å². The standard InChI is InChI=1S/C14H14ClN3S/c1-16-14-17-8-12(15)13(18-14)19-11-6-5-9-3-2-4-10(9)7-11/h5-8H,2-4H2,1H3,(H,16,17,18). The predicted octanol–water partition coefficient (Wildman–Crippen LogP) is 3.81. The number of hydrogen-bond acceptors (Lipinski definition) is 4. The van der Waals surface area contributed by atoms with Crippen LogP contribution in [0.3, 0.4) is 0 Å². The molecule has 0 radical (unpaired) electrons. The summed E-state index contributed by atoms with van der Waals surface area (Å²) in [6.07, 6.45) is 5.29. The van der Waals surface area contributed by atoms with E-state index in [-0.39, 0.29) is 0 Å². The summed E-state index contributed by atoms with van der Waals surface area (Å²) in [5, 5.41) is 4.31. The molecule has 1 aromatic carbocycles. The minimum Gasteiger partial charge on any atom is -0.357 e. The number of halogens is 1. The van der Waals surface area contributed by atoms with Crippen LogP contribution in [0.15, 0.2) is 34.3 Å². The molecule has 1 aliphatic rings. The van der Waals surface area contributed by atoms with Gasteiger partial charge in [-0.3, -0.25) is 0 Å². The Balaban J connectivity index is 1.88. The minimum atomic E-state index is 0.587. The van der Waals surface area contributed by atoms with Gasteiger partial charge in [-0.25, -0.2) is 9.97 Å². The van der Waals surface area contributed by atoms with Crippen molar-refractivity contribution in [2.75, 3.05) is 12.4 Å². The van der Waals surface area contributed by atoms with Gasteiger partial charge in [0, 0.05) is 11.9 Å². The molecule has 0 amide bonds. The molecule has 1 aliphatic carbocycles. The normalized spacial score (nSPS) is 13.4. The van der Waals surface area contributed by atoms with Crippen LogP contribution in [0.25, 0.3) is 0 Å². The molecule has 0 saturated carbocycles. The van der Waals surface area contributed by atoms with E-state index in [9.17, 15) is 0 Å². The van der Waals surface area contributed by atoms with Gasteiger partial charge < -0.3 is 5.32 Å². The van der Waals surface area contributed by atoms with Gasteiger partial charge in [0.05, 0.1) is 11.2 Å². The molecule has 0 bridgehead atoms. The zero-order valence-electron chi connectivity index (χ0n) is 10.6. The topological polar surface area (TPSA) is 37.8 Å². The summed E-state index contributed by atoms with van der Waals surface area (Å²) >= 11 is 7.73. The first-order valence-corrected chi connectivity index (χ1v) is 7.45. The van der Waals surface area contributed by atoms with Crippen molar-refractivity contribution in [2.45, 2.75) is 29.2 Å². The van der Waals surface area contributed by atoms with Crippen molar-refractivity contribution in [3.05, 3.63) is 40.5 Å². The molecule has 1 aromatic heterocycles. The summed E-state index contributed by atoms with van der Waals surface area (Å²) < 4.78 is 0. The maximum atomic E-state index is 6.15. The van der Waals surface area contributed by atoms with E-state index >= 15 is 0 Å². The third kappa shape index (κ3) is 2.69. The summed E-state index contributed by atoms with van der Waals surface area (Å²) in [7, 11) is 1.80. The molecule has 3 rings (SSSR count). The van der Waals surface area contributed by atoms with Gasteiger partial charge in [-0.15, -0.1) is 0 Å². The lowest BCUT2D eigenvalue weighted by molar-refractivity contribution is 0.911. The molecule has 0 spiro atoms. The predicted molar refractivity (Wildman–Crippen MR) is 79.2 cm³/mol. The van der Waals surface area contributed by atoms with Gasteiger partial charge in [-0.05, 0) is 42.5 Å². The SMILES string of the molecule is CNc1ncc(Cl)c(Sc2ccc3c(c2)CCC3)n1. The van der Waals surface area contributed by atoms with Gasteiger partial charge in [0.15, 0.2) is 0 Å². The van der Waals surface area contributed by atoms with Crippen molar-refractivity contribution >= 4 is 29.3 Å². The van der Waals surface area contributed by atoms with Gasteiger partial charge in [0.25, 0.3) is 0 Å². The van der Waals surface area contributed by atoms with Crippen molar-refractivity contribution in [1.82, 2.24) is 9.97 Å². The van der Waals surface area contributed by atoms with Crippen LogP contribution in [-0.2, 0) is 12.8 Å². The number of nitrogens with one attached hydrogen (secondary N) is 1. The second-order valence-corrected chi connectivity index (χ2v) is 5.95. The number of nitrogens with zero attached hydrogens (tertiary/aromatic N) is 2. The maximum absolute atomic E-state index is 6.15. The fourth-order valence-corrected chi connectivity index (χ4v) is 3.32. The first-order chi connectivity index (χ1) is 9.26. The first kappa shape index (κ1) is 12.8. The van der Waals surface area contributed by atoms with Crippen molar-refractivity contribution in [2.24, 2.45) is 0 Å². The summed E-state index contributed by atoms with van der Waals surface area (Å²) in [4.78, 5) is 9.66. The first-order valence-electron chi connectivity index (χ1n) is 6.26. The van der Waals surface area contributed by atoms with Crippen molar-refractivity contribution < 1.29 is 0 Å². The number of hydrogen-bond donors (Lipinski definition) is 1. The average molecular weight is 292 g/mol. The van der Waals surface area contributed by atoms with Crippen LogP contribution in [0.4, 0.5) is 5.95 Å². The lowest BCUT2D eigenvalue weighted by atomic mass is 10.1. The largest absolute Gasteiger partial charge is 0.357 e. The van der Waals surface area contributed by atoms with E-state index in [1.807, 2.05) is 0 Å². The number of aromatic nitrogens is 2. The molecule has 2 aromatic rings. The maximum Gasteiger partial charge on any atom is 0.223 e. The number of rotatable bonds is 3. The molecule has 19 heavy (non-hydrogen) atoms. The van der Waals surface area contributed by atoms with Gasteiger partial charge in [0.2, 0.25) is 5.95 Å². The highest BCUT2D eigenvalue weighted by atomic mass is 35.5. The number of benzene rings is 1. The van der Waals surface area contributed by atoms with Gasteiger partial charge in [-0.2, -0.15) is 0 Å².